The third-order valence-corrected chi connectivity index (χ3v) is 5.79. The van der Waals surface area contributed by atoms with E-state index >= 15 is 0 Å². The number of carbonyl (C=O) groups excluding carboxylic acids is 1. The van der Waals surface area contributed by atoms with Crippen LogP contribution in [0.15, 0.2) is 30.3 Å². The van der Waals surface area contributed by atoms with Gasteiger partial charge in [-0.05, 0) is 77.2 Å². The number of alkyl halides is 3. The van der Waals surface area contributed by atoms with E-state index in [9.17, 15) is 18.0 Å². The van der Waals surface area contributed by atoms with Crippen molar-refractivity contribution in [3.63, 3.8) is 0 Å². The molecule has 0 radical (unpaired) electrons. The molecule has 2 rings (SSSR count). The van der Waals surface area contributed by atoms with E-state index in [1.807, 2.05) is 32.0 Å². The number of ether oxygens (including phenoxy) is 1. The number of Topliss-reactive ketones (excluding diaryl/α,β-unsaturated/α-hetero) is 1. The fourth-order valence-electron chi connectivity index (χ4n) is 3.05. The lowest BCUT2D eigenvalue weighted by Gasteiger charge is -2.18. The smallest absolute Gasteiger partial charge is 0.419 e. The Balaban J connectivity index is 2.31. The molecule has 0 amide bonds. The van der Waals surface area contributed by atoms with Crippen LogP contribution >= 0.6 is 22.6 Å². The van der Waals surface area contributed by atoms with Crippen molar-refractivity contribution in [3.8, 4) is 5.75 Å². The van der Waals surface area contributed by atoms with Gasteiger partial charge in [0.05, 0.1) is 5.56 Å². The molecule has 0 spiro atoms. The second kappa shape index (κ2) is 9.76. The molecular formula is C22H24F3IO2. The molecule has 0 unspecified atom stereocenters. The fraction of sp³-hybridized carbons (Fsp3) is 0.409. The fourth-order valence-corrected chi connectivity index (χ4v) is 3.76. The molecule has 28 heavy (non-hydrogen) atoms. The van der Waals surface area contributed by atoms with Crippen LogP contribution in [0.2, 0.25) is 0 Å². The van der Waals surface area contributed by atoms with Gasteiger partial charge in [0.2, 0.25) is 0 Å². The van der Waals surface area contributed by atoms with E-state index in [1.165, 1.54) is 12.1 Å². The number of aryl methyl sites for hydroxylation is 3. The molecule has 0 aromatic heterocycles. The van der Waals surface area contributed by atoms with E-state index in [0.29, 0.717) is 31.2 Å². The van der Waals surface area contributed by atoms with Gasteiger partial charge in [-0.15, -0.1) is 0 Å². The van der Waals surface area contributed by atoms with Crippen molar-refractivity contribution in [1.29, 1.82) is 0 Å². The Kier molecular flexibility index (Phi) is 7.92. The number of hydrogen-bond acceptors (Lipinski definition) is 2. The van der Waals surface area contributed by atoms with Crippen LogP contribution in [0.1, 0.15) is 54.5 Å². The zero-order valence-corrected chi connectivity index (χ0v) is 18.4. The SMILES string of the molecule is CCC(=O)CCc1cccc(I)c1COc1cc(C)c(CC)cc1C(F)(F)F. The van der Waals surface area contributed by atoms with Crippen molar-refractivity contribution in [2.75, 3.05) is 0 Å². The first-order valence-corrected chi connectivity index (χ1v) is 10.4. The number of carbonyl (C=O) groups is 1. The van der Waals surface area contributed by atoms with Gasteiger partial charge in [0.1, 0.15) is 18.1 Å². The summed E-state index contributed by atoms with van der Waals surface area (Å²) in [5, 5.41) is 0. The van der Waals surface area contributed by atoms with Crippen molar-refractivity contribution >= 4 is 28.4 Å². The summed E-state index contributed by atoms with van der Waals surface area (Å²) >= 11 is 2.15. The average molecular weight is 504 g/mol. The predicted octanol–water partition coefficient (Wildman–Crippen LogP) is 6.67. The van der Waals surface area contributed by atoms with Crippen LogP contribution in [0.25, 0.3) is 0 Å². The molecule has 0 aliphatic heterocycles. The van der Waals surface area contributed by atoms with Crippen LogP contribution in [0, 0.1) is 10.5 Å². The molecule has 0 saturated heterocycles. The zero-order valence-electron chi connectivity index (χ0n) is 16.3. The standard InChI is InChI=1S/C22H24F3IO2/c1-4-15-12-19(22(23,24)25)21(11-14(15)3)28-13-18-16(7-6-8-20(18)26)9-10-17(27)5-2/h6-8,11-12H,4-5,9-10,13H2,1-3H3. The molecular weight excluding hydrogens is 480 g/mol. The highest BCUT2D eigenvalue weighted by Crippen LogP contribution is 2.38. The van der Waals surface area contributed by atoms with Crippen LogP contribution in [0.4, 0.5) is 13.2 Å². The highest BCUT2D eigenvalue weighted by molar-refractivity contribution is 14.1. The normalized spacial score (nSPS) is 11.5. The summed E-state index contributed by atoms with van der Waals surface area (Å²) in [7, 11) is 0. The first-order valence-electron chi connectivity index (χ1n) is 9.28. The molecule has 2 aromatic carbocycles. The summed E-state index contributed by atoms with van der Waals surface area (Å²) < 4.78 is 47.1. The Labute approximate surface area is 177 Å². The molecule has 0 fully saturated rings. The number of halogens is 4. The van der Waals surface area contributed by atoms with Gasteiger partial charge in [-0.2, -0.15) is 13.2 Å². The van der Waals surface area contributed by atoms with Gasteiger partial charge in [-0.25, -0.2) is 0 Å². The van der Waals surface area contributed by atoms with Crippen LogP contribution in [-0.2, 0) is 30.4 Å². The molecule has 0 saturated carbocycles. The quantitative estimate of drug-likeness (QED) is 0.376. The van der Waals surface area contributed by atoms with Crippen molar-refractivity contribution in [1.82, 2.24) is 0 Å². The molecule has 0 heterocycles. The van der Waals surface area contributed by atoms with E-state index in [2.05, 4.69) is 22.6 Å². The summed E-state index contributed by atoms with van der Waals surface area (Å²) in [5.41, 5.74) is 2.46. The van der Waals surface area contributed by atoms with Gasteiger partial charge in [0.15, 0.2) is 0 Å². The van der Waals surface area contributed by atoms with Crippen molar-refractivity contribution < 1.29 is 22.7 Å². The lowest BCUT2D eigenvalue weighted by Crippen LogP contribution is -2.12. The van der Waals surface area contributed by atoms with E-state index in [4.69, 9.17) is 4.74 Å². The molecule has 0 bridgehead atoms. The van der Waals surface area contributed by atoms with Crippen molar-refractivity contribution in [3.05, 3.63) is 61.7 Å². The molecule has 2 aromatic rings. The van der Waals surface area contributed by atoms with E-state index in [1.54, 1.807) is 6.92 Å². The molecule has 0 N–H and O–H groups in total. The Morgan fingerprint density at radius 1 is 1.14 bits per heavy atom. The molecule has 2 nitrogen and oxygen atoms in total. The molecule has 152 valence electrons. The number of ketones is 1. The maximum absolute atomic E-state index is 13.5. The van der Waals surface area contributed by atoms with Gasteiger partial charge in [0.25, 0.3) is 0 Å². The number of hydrogen-bond donors (Lipinski definition) is 0. The van der Waals surface area contributed by atoms with Crippen LogP contribution in [0.3, 0.4) is 0 Å². The van der Waals surface area contributed by atoms with Gasteiger partial charge >= 0.3 is 6.18 Å². The summed E-state index contributed by atoms with van der Waals surface area (Å²) in [6.07, 6.45) is -2.49. The first kappa shape index (κ1) is 22.7. The van der Waals surface area contributed by atoms with E-state index < -0.39 is 11.7 Å². The number of rotatable bonds is 8. The maximum atomic E-state index is 13.5. The minimum Gasteiger partial charge on any atom is -0.488 e. The second-order valence-corrected chi connectivity index (χ2v) is 7.85. The lowest BCUT2D eigenvalue weighted by molar-refractivity contribution is -0.139. The van der Waals surface area contributed by atoms with Gasteiger partial charge < -0.3 is 4.74 Å². The van der Waals surface area contributed by atoms with Gasteiger partial charge in [-0.3, -0.25) is 4.79 Å². The molecule has 0 atom stereocenters. The van der Waals surface area contributed by atoms with Crippen LogP contribution < -0.4 is 4.74 Å². The van der Waals surface area contributed by atoms with Crippen molar-refractivity contribution in [2.45, 2.75) is 59.2 Å². The largest absolute Gasteiger partial charge is 0.488 e. The highest BCUT2D eigenvalue weighted by Gasteiger charge is 2.35. The minimum absolute atomic E-state index is 0.0305. The molecule has 0 aliphatic rings. The summed E-state index contributed by atoms with van der Waals surface area (Å²) in [4.78, 5) is 11.7. The monoisotopic (exact) mass is 504 g/mol. The zero-order chi connectivity index (χ0) is 20.9. The average Bonchev–Trinajstić information content (AvgIpc) is 2.64. The second-order valence-electron chi connectivity index (χ2n) is 6.68. The van der Waals surface area contributed by atoms with E-state index in [-0.39, 0.29) is 18.1 Å². The molecule has 0 aliphatic carbocycles. The summed E-state index contributed by atoms with van der Waals surface area (Å²) in [5.74, 6) is 0.00769. The Bertz CT molecular complexity index is 844. The first-order chi connectivity index (χ1) is 13.2. The van der Waals surface area contributed by atoms with Crippen LogP contribution in [0.5, 0.6) is 5.75 Å². The van der Waals surface area contributed by atoms with E-state index in [0.717, 1.165) is 20.3 Å². The summed E-state index contributed by atoms with van der Waals surface area (Å²) in [6, 6.07) is 8.33. The maximum Gasteiger partial charge on any atom is 0.419 e. The van der Waals surface area contributed by atoms with Gasteiger partial charge in [-0.1, -0.05) is 26.0 Å². The van der Waals surface area contributed by atoms with Gasteiger partial charge in [0, 0.05) is 22.0 Å². The minimum atomic E-state index is -4.48. The highest BCUT2D eigenvalue weighted by atomic mass is 127. The number of benzene rings is 2. The Morgan fingerprint density at radius 3 is 2.46 bits per heavy atom. The lowest BCUT2D eigenvalue weighted by atomic mass is 10.0. The Morgan fingerprint density at radius 2 is 1.86 bits per heavy atom. The predicted molar refractivity (Wildman–Crippen MR) is 113 cm³/mol. The molecule has 6 heteroatoms. The van der Waals surface area contributed by atoms with Crippen LogP contribution in [-0.4, -0.2) is 5.78 Å². The van der Waals surface area contributed by atoms with Crippen molar-refractivity contribution in [2.24, 2.45) is 0 Å². The topological polar surface area (TPSA) is 26.3 Å². The third kappa shape index (κ3) is 5.72. The summed E-state index contributed by atoms with van der Waals surface area (Å²) in [6.45, 7) is 5.48. The Hall–Kier alpha value is -1.57. The third-order valence-electron chi connectivity index (χ3n) is 4.78.